The van der Waals surface area contributed by atoms with Gasteiger partial charge < -0.3 is 14.8 Å². The third kappa shape index (κ3) is 5.56. The van der Waals surface area contributed by atoms with E-state index in [1.807, 2.05) is 0 Å². The number of amides is 1. The van der Waals surface area contributed by atoms with Crippen molar-refractivity contribution in [2.75, 3.05) is 12.4 Å². The molecule has 6 nitrogen and oxygen atoms in total. The number of carbonyl (C=O) groups is 2. The summed E-state index contributed by atoms with van der Waals surface area (Å²) in [4.78, 5) is 24.4. The largest absolute Gasteiger partial charge is 0.497 e. The van der Waals surface area contributed by atoms with Crippen LogP contribution in [0.5, 0.6) is 5.75 Å². The Balaban J connectivity index is 2.05. The molecular weight excluding hydrogens is 387 g/mol. The molecule has 0 fully saturated rings. The molecule has 0 bridgehead atoms. The number of rotatable bonds is 6. The number of ether oxygens (including phenoxy) is 2. The highest BCUT2D eigenvalue weighted by atomic mass is 35.5. The van der Waals surface area contributed by atoms with E-state index < -0.39 is 23.8 Å². The second-order valence-corrected chi connectivity index (χ2v) is 6.01. The van der Waals surface area contributed by atoms with Crippen LogP contribution in [0.15, 0.2) is 48.0 Å². The number of nitrogens with zero attached hydrogens (tertiary/aromatic N) is 1. The van der Waals surface area contributed by atoms with Gasteiger partial charge in [0.25, 0.3) is 5.91 Å². The first kappa shape index (κ1) is 20.9. The minimum absolute atomic E-state index is 0.00370. The number of methoxy groups -OCH3 is 1. The second-order valence-electron chi connectivity index (χ2n) is 5.60. The van der Waals surface area contributed by atoms with Crippen LogP contribution in [0.1, 0.15) is 12.5 Å². The Labute approximate surface area is 166 Å². The van der Waals surface area contributed by atoms with Gasteiger partial charge in [-0.25, -0.2) is 9.18 Å². The molecule has 2 aromatic carbocycles. The number of hydrogen-bond acceptors (Lipinski definition) is 5. The molecule has 0 aliphatic carbocycles. The Morgan fingerprint density at radius 2 is 1.93 bits per heavy atom. The summed E-state index contributed by atoms with van der Waals surface area (Å²) >= 11 is 5.85. The molecule has 0 unspecified atom stereocenters. The fourth-order valence-electron chi connectivity index (χ4n) is 2.11. The topological polar surface area (TPSA) is 88.4 Å². The zero-order valence-corrected chi connectivity index (χ0v) is 15.8. The second kappa shape index (κ2) is 9.53. The lowest BCUT2D eigenvalue weighted by molar-refractivity contribution is -0.148. The van der Waals surface area contributed by atoms with Crippen LogP contribution in [0.25, 0.3) is 6.08 Å². The molecule has 144 valence electrons. The number of benzene rings is 2. The smallest absolute Gasteiger partial charge is 0.349 e. The van der Waals surface area contributed by atoms with Crippen LogP contribution in [-0.4, -0.2) is 25.1 Å². The predicted octanol–water partition coefficient (Wildman–Crippen LogP) is 3.97. The van der Waals surface area contributed by atoms with Crippen LogP contribution < -0.4 is 10.1 Å². The molecule has 1 amide bonds. The quantitative estimate of drug-likeness (QED) is 0.448. The van der Waals surface area contributed by atoms with E-state index in [0.29, 0.717) is 11.3 Å². The van der Waals surface area contributed by atoms with Crippen molar-refractivity contribution in [2.45, 2.75) is 13.0 Å². The monoisotopic (exact) mass is 402 g/mol. The van der Waals surface area contributed by atoms with Gasteiger partial charge in [-0.15, -0.1) is 0 Å². The average Bonchev–Trinajstić information content (AvgIpc) is 2.68. The van der Waals surface area contributed by atoms with E-state index in [4.69, 9.17) is 21.1 Å². The van der Waals surface area contributed by atoms with Crippen molar-refractivity contribution >= 4 is 35.2 Å². The average molecular weight is 403 g/mol. The molecule has 0 heterocycles. The van der Waals surface area contributed by atoms with Crippen molar-refractivity contribution in [3.8, 4) is 11.8 Å². The number of hydrogen-bond donors (Lipinski definition) is 1. The van der Waals surface area contributed by atoms with Gasteiger partial charge >= 0.3 is 5.97 Å². The SMILES string of the molecule is COc1ccc(/C=C(\C#N)C(=O)O[C@@H](C)C(=O)Nc2ccc(F)cc2Cl)cc1. The van der Waals surface area contributed by atoms with E-state index in [1.54, 1.807) is 30.3 Å². The summed E-state index contributed by atoms with van der Waals surface area (Å²) in [6.45, 7) is 1.34. The van der Waals surface area contributed by atoms with Crippen molar-refractivity contribution < 1.29 is 23.5 Å². The lowest BCUT2D eigenvalue weighted by atomic mass is 10.1. The van der Waals surface area contributed by atoms with Crippen molar-refractivity contribution in [2.24, 2.45) is 0 Å². The standard InChI is InChI=1S/C20H16ClFN2O4/c1-12(19(25)24-18-8-5-15(22)10-17(18)21)28-20(26)14(11-23)9-13-3-6-16(27-2)7-4-13/h3-10,12H,1-2H3,(H,24,25)/b14-9+/t12-/m0/s1. The van der Waals surface area contributed by atoms with Crippen molar-refractivity contribution in [1.82, 2.24) is 0 Å². The summed E-state index contributed by atoms with van der Waals surface area (Å²) in [5.41, 5.74) is 0.486. The number of nitriles is 1. The van der Waals surface area contributed by atoms with Crippen LogP contribution in [0.4, 0.5) is 10.1 Å². The van der Waals surface area contributed by atoms with Gasteiger partial charge in [-0.3, -0.25) is 4.79 Å². The summed E-state index contributed by atoms with van der Waals surface area (Å²) in [6.07, 6.45) is 0.129. The van der Waals surface area contributed by atoms with Crippen molar-refractivity contribution in [1.29, 1.82) is 5.26 Å². The fourth-order valence-corrected chi connectivity index (χ4v) is 2.32. The number of carbonyl (C=O) groups excluding carboxylic acids is 2. The van der Waals surface area contributed by atoms with Gasteiger partial charge in [-0.1, -0.05) is 23.7 Å². The Hall–Kier alpha value is -3.37. The summed E-state index contributed by atoms with van der Waals surface area (Å²) in [5, 5.41) is 11.6. The number of esters is 1. The summed E-state index contributed by atoms with van der Waals surface area (Å²) < 4.78 is 23.1. The van der Waals surface area contributed by atoms with Gasteiger partial charge in [-0.05, 0) is 48.9 Å². The molecule has 8 heteroatoms. The van der Waals surface area contributed by atoms with Gasteiger partial charge in [0.1, 0.15) is 23.2 Å². The maximum Gasteiger partial charge on any atom is 0.349 e. The van der Waals surface area contributed by atoms with E-state index in [2.05, 4.69) is 5.32 Å². The highest BCUT2D eigenvalue weighted by Gasteiger charge is 2.21. The van der Waals surface area contributed by atoms with Gasteiger partial charge in [0.2, 0.25) is 0 Å². The normalized spacial score (nSPS) is 11.9. The van der Waals surface area contributed by atoms with Crippen LogP contribution >= 0.6 is 11.6 Å². The van der Waals surface area contributed by atoms with Gasteiger partial charge in [0.15, 0.2) is 6.10 Å². The molecular formula is C20H16ClFN2O4. The Bertz CT molecular complexity index is 952. The maximum atomic E-state index is 13.1. The first-order chi connectivity index (χ1) is 13.3. The zero-order chi connectivity index (χ0) is 20.7. The first-order valence-corrected chi connectivity index (χ1v) is 8.44. The van der Waals surface area contributed by atoms with Gasteiger partial charge in [0.05, 0.1) is 17.8 Å². The zero-order valence-electron chi connectivity index (χ0n) is 15.0. The molecule has 0 spiro atoms. The summed E-state index contributed by atoms with van der Waals surface area (Å²) in [7, 11) is 1.52. The molecule has 0 aromatic heterocycles. The maximum absolute atomic E-state index is 13.1. The molecule has 2 rings (SSSR count). The molecule has 0 saturated heterocycles. The van der Waals surface area contributed by atoms with Crippen LogP contribution in [0.2, 0.25) is 5.02 Å². The minimum atomic E-state index is -1.21. The third-order valence-corrected chi connectivity index (χ3v) is 3.92. The number of nitrogens with one attached hydrogen (secondary N) is 1. The Kier molecular flexibility index (Phi) is 7.13. The summed E-state index contributed by atoms with van der Waals surface area (Å²) in [5.74, 6) is -1.55. The van der Waals surface area contributed by atoms with E-state index >= 15 is 0 Å². The first-order valence-electron chi connectivity index (χ1n) is 8.06. The van der Waals surface area contributed by atoms with E-state index in [0.717, 1.165) is 12.1 Å². The van der Waals surface area contributed by atoms with Crippen LogP contribution in [0, 0.1) is 17.1 Å². The predicted molar refractivity (Wildman–Crippen MR) is 102 cm³/mol. The molecule has 28 heavy (non-hydrogen) atoms. The van der Waals surface area contributed by atoms with E-state index in [9.17, 15) is 19.2 Å². The summed E-state index contributed by atoms with van der Waals surface area (Å²) in [6, 6.07) is 11.9. The molecule has 0 radical (unpaired) electrons. The van der Waals surface area contributed by atoms with Crippen molar-refractivity contribution in [3.63, 3.8) is 0 Å². The third-order valence-electron chi connectivity index (χ3n) is 3.61. The minimum Gasteiger partial charge on any atom is -0.497 e. The molecule has 0 aliphatic rings. The molecule has 0 aliphatic heterocycles. The fraction of sp³-hybridized carbons (Fsp3) is 0.150. The Morgan fingerprint density at radius 1 is 1.25 bits per heavy atom. The molecule has 1 N–H and O–H groups in total. The lowest BCUT2D eigenvalue weighted by Gasteiger charge is -2.14. The van der Waals surface area contributed by atoms with Gasteiger partial charge in [0, 0.05) is 0 Å². The van der Waals surface area contributed by atoms with E-state index in [-0.39, 0.29) is 16.3 Å². The van der Waals surface area contributed by atoms with Crippen LogP contribution in [0.3, 0.4) is 0 Å². The Morgan fingerprint density at radius 3 is 2.50 bits per heavy atom. The highest BCUT2D eigenvalue weighted by molar-refractivity contribution is 6.33. The number of halogens is 2. The van der Waals surface area contributed by atoms with Crippen molar-refractivity contribution in [3.05, 3.63) is 64.4 Å². The van der Waals surface area contributed by atoms with E-state index in [1.165, 1.54) is 26.2 Å². The van der Waals surface area contributed by atoms with Gasteiger partial charge in [-0.2, -0.15) is 5.26 Å². The molecule has 1 atom stereocenters. The molecule has 0 saturated carbocycles. The molecule has 2 aromatic rings. The highest BCUT2D eigenvalue weighted by Crippen LogP contribution is 2.22. The number of anilines is 1. The van der Waals surface area contributed by atoms with Crippen LogP contribution in [-0.2, 0) is 14.3 Å². The lowest BCUT2D eigenvalue weighted by Crippen LogP contribution is -2.30.